The standard InChI is InChI=1S/C23H24ClNO4/c1-15(2)13-29-20-9-4-16(12-21(20)27-3)22-17(10-11-25-23(22)26)14-28-19-7-5-18(24)6-8-19/h4-12,15H,13-14H2,1-3H3,(H,25,26). The van der Waals surface area contributed by atoms with Gasteiger partial charge in [0, 0.05) is 16.8 Å². The first-order valence-corrected chi connectivity index (χ1v) is 9.76. The molecule has 3 aromatic rings. The minimum absolute atomic E-state index is 0.194. The number of hydrogen-bond donors (Lipinski definition) is 1. The molecule has 0 bridgehead atoms. The van der Waals surface area contributed by atoms with Crippen molar-refractivity contribution in [1.29, 1.82) is 0 Å². The van der Waals surface area contributed by atoms with Crippen LogP contribution in [-0.4, -0.2) is 18.7 Å². The summed E-state index contributed by atoms with van der Waals surface area (Å²) in [6, 6.07) is 14.4. The first kappa shape index (κ1) is 20.8. The van der Waals surface area contributed by atoms with E-state index in [1.54, 1.807) is 37.6 Å². The number of pyridine rings is 1. The molecule has 0 fully saturated rings. The van der Waals surface area contributed by atoms with Gasteiger partial charge in [-0.3, -0.25) is 4.79 Å². The van der Waals surface area contributed by atoms with Crippen LogP contribution >= 0.6 is 11.6 Å². The van der Waals surface area contributed by atoms with Crippen molar-refractivity contribution in [2.45, 2.75) is 20.5 Å². The minimum atomic E-state index is -0.194. The first-order chi connectivity index (χ1) is 14.0. The van der Waals surface area contributed by atoms with Crippen LogP contribution in [0.2, 0.25) is 5.02 Å². The van der Waals surface area contributed by atoms with Gasteiger partial charge in [0.25, 0.3) is 5.56 Å². The van der Waals surface area contributed by atoms with Gasteiger partial charge in [0.05, 0.1) is 19.3 Å². The molecule has 5 nitrogen and oxygen atoms in total. The van der Waals surface area contributed by atoms with E-state index in [1.807, 2.05) is 24.3 Å². The topological polar surface area (TPSA) is 60.5 Å². The second kappa shape index (κ2) is 9.52. The van der Waals surface area contributed by atoms with Crippen LogP contribution in [0.3, 0.4) is 0 Å². The third-order valence-corrected chi connectivity index (χ3v) is 4.53. The summed E-state index contributed by atoms with van der Waals surface area (Å²) < 4.78 is 17.1. The fourth-order valence-electron chi connectivity index (χ4n) is 2.85. The summed E-state index contributed by atoms with van der Waals surface area (Å²) in [5, 5.41) is 0.640. The second-order valence-corrected chi connectivity index (χ2v) is 7.46. The third-order valence-electron chi connectivity index (χ3n) is 4.28. The normalized spacial score (nSPS) is 10.8. The molecule has 1 N–H and O–H groups in total. The maximum absolute atomic E-state index is 12.6. The van der Waals surface area contributed by atoms with Gasteiger partial charge in [-0.1, -0.05) is 31.5 Å². The highest BCUT2D eigenvalue weighted by molar-refractivity contribution is 6.30. The molecule has 29 heavy (non-hydrogen) atoms. The molecule has 0 radical (unpaired) electrons. The zero-order valence-electron chi connectivity index (χ0n) is 16.7. The van der Waals surface area contributed by atoms with Crippen molar-refractivity contribution < 1.29 is 14.2 Å². The van der Waals surface area contributed by atoms with Crippen molar-refractivity contribution in [3.05, 3.63) is 75.7 Å². The van der Waals surface area contributed by atoms with Gasteiger partial charge >= 0.3 is 0 Å². The number of hydrogen-bond acceptors (Lipinski definition) is 4. The molecule has 0 unspecified atom stereocenters. The molecule has 0 atom stereocenters. The van der Waals surface area contributed by atoms with Crippen molar-refractivity contribution in [2.75, 3.05) is 13.7 Å². The summed E-state index contributed by atoms with van der Waals surface area (Å²) in [4.78, 5) is 15.3. The molecular weight excluding hydrogens is 390 g/mol. The number of H-pyrrole nitrogens is 1. The Bertz CT molecular complexity index is 1010. The first-order valence-electron chi connectivity index (χ1n) is 9.38. The lowest BCUT2D eigenvalue weighted by atomic mass is 10.0. The number of nitrogens with one attached hydrogen (secondary N) is 1. The average molecular weight is 414 g/mol. The number of ether oxygens (including phenoxy) is 3. The van der Waals surface area contributed by atoms with Gasteiger partial charge in [0.2, 0.25) is 0 Å². The molecule has 1 aromatic heterocycles. The minimum Gasteiger partial charge on any atom is -0.493 e. The number of methoxy groups -OCH3 is 1. The number of aromatic amines is 1. The van der Waals surface area contributed by atoms with Crippen LogP contribution in [0.25, 0.3) is 11.1 Å². The molecule has 0 amide bonds. The maximum Gasteiger partial charge on any atom is 0.256 e. The Morgan fingerprint density at radius 3 is 2.45 bits per heavy atom. The lowest BCUT2D eigenvalue weighted by Gasteiger charge is -2.15. The van der Waals surface area contributed by atoms with Crippen LogP contribution in [0.4, 0.5) is 0 Å². The van der Waals surface area contributed by atoms with Gasteiger partial charge in [-0.2, -0.15) is 0 Å². The number of halogens is 1. The fraction of sp³-hybridized carbons (Fsp3) is 0.261. The summed E-state index contributed by atoms with van der Waals surface area (Å²) in [6.07, 6.45) is 1.61. The Kier molecular flexibility index (Phi) is 6.83. The predicted octanol–water partition coefficient (Wildman–Crippen LogP) is 5.32. The quantitative estimate of drug-likeness (QED) is 0.543. The Balaban J connectivity index is 1.89. The smallest absolute Gasteiger partial charge is 0.256 e. The van der Waals surface area contributed by atoms with Crippen molar-refractivity contribution in [2.24, 2.45) is 5.92 Å². The predicted molar refractivity (Wildman–Crippen MR) is 115 cm³/mol. The van der Waals surface area contributed by atoms with Crippen LogP contribution in [0.5, 0.6) is 17.2 Å². The Morgan fingerprint density at radius 2 is 1.76 bits per heavy atom. The van der Waals surface area contributed by atoms with E-state index in [4.69, 9.17) is 25.8 Å². The van der Waals surface area contributed by atoms with Gasteiger partial charge < -0.3 is 19.2 Å². The molecule has 0 saturated carbocycles. The van der Waals surface area contributed by atoms with Crippen LogP contribution in [0, 0.1) is 5.92 Å². The largest absolute Gasteiger partial charge is 0.493 e. The number of rotatable bonds is 8. The van der Waals surface area contributed by atoms with E-state index >= 15 is 0 Å². The Morgan fingerprint density at radius 1 is 1.00 bits per heavy atom. The molecule has 1 heterocycles. The molecule has 0 spiro atoms. The molecule has 3 rings (SSSR count). The summed E-state index contributed by atoms with van der Waals surface area (Å²) in [5.74, 6) is 2.30. The zero-order valence-corrected chi connectivity index (χ0v) is 17.5. The number of benzene rings is 2. The fourth-order valence-corrected chi connectivity index (χ4v) is 2.97. The van der Waals surface area contributed by atoms with E-state index in [9.17, 15) is 4.79 Å². The highest BCUT2D eigenvalue weighted by Crippen LogP contribution is 2.33. The highest BCUT2D eigenvalue weighted by atomic mass is 35.5. The Hall–Kier alpha value is -2.92. The van der Waals surface area contributed by atoms with E-state index in [1.165, 1.54) is 0 Å². The van der Waals surface area contributed by atoms with Crippen molar-refractivity contribution in [3.63, 3.8) is 0 Å². The van der Waals surface area contributed by atoms with Crippen LogP contribution in [0.15, 0.2) is 59.5 Å². The molecule has 152 valence electrons. The van der Waals surface area contributed by atoms with Gasteiger partial charge in [-0.15, -0.1) is 0 Å². The highest BCUT2D eigenvalue weighted by Gasteiger charge is 2.14. The molecule has 0 aliphatic carbocycles. The summed E-state index contributed by atoms with van der Waals surface area (Å²) >= 11 is 5.91. The zero-order chi connectivity index (χ0) is 20.8. The van der Waals surface area contributed by atoms with Gasteiger partial charge in [-0.25, -0.2) is 0 Å². The second-order valence-electron chi connectivity index (χ2n) is 7.02. The molecule has 2 aromatic carbocycles. The van der Waals surface area contributed by atoms with Crippen LogP contribution in [-0.2, 0) is 6.61 Å². The van der Waals surface area contributed by atoms with E-state index < -0.39 is 0 Å². The molecule has 0 saturated heterocycles. The van der Waals surface area contributed by atoms with Crippen molar-refractivity contribution in [1.82, 2.24) is 4.98 Å². The summed E-state index contributed by atoms with van der Waals surface area (Å²) in [7, 11) is 1.58. The lowest BCUT2D eigenvalue weighted by molar-refractivity contribution is 0.257. The van der Waals surface area contributed by atoms with Crippen LogP contribution < -0.4 is 19.8 Å². The lowest BCUT2D eigenvalue weighted by Crippen LogP contribution is -2.13. The number of aromatic nitrogens is 1. The van der Waals surface area contributed by atoms with Gasteiger partial charge in [0.1, 0.15) is 12.4 Å². The van der Waals surface area contributed by atoms with E-state index in [0.29, 0.717) is 40.4 Å². The summed E-state index contributed by atoms with van der Waals surface area (Å²) in [5.41, 5.74) is 1.84. The average Bonchev–Trinajstić information content (AvgIpc) is 2.71. The van der Waals surface area contributed by atoms with Crippen molar-refractivity contribution in [3.8, 4) is 28.4 Å². The molecule has 6 heteroatoms. The monoisotopic (exact) mass is 413 g/mol. The van der Waals surface area contributed by atoms with E-state index in [2.05, 4.69) is 18.8 Å². The van der Waals surface area contributed by atoms with Crippen LogP contribution in [0.1, 0.15) is 19.4 Å². The van der Waals surface area contributed by atoms with Gasteiger partial charge in [-0.05, 0) is 53.9 Å². The van der Waals surface area contributed by atoms with Crippen molar-refractivity contribution >= 4 is 11.6 Å². The Labute approximate surface area is 175 Å². The molecule has 0 aliphatic heterocycles. The molecular formula is C23H24ClNO4. The molecule has 0 aliphatic rings. The SMILES string of the molecule is COc1cc(-c2c(COc3ccc(Cl)cc3)cc[nH]c2=O)ccc1OCC(C)C. The van der Waals surface area contributed by atoms with E-state index in [0.717, 1.165) is 11.1 Å². The van der Waals surface area contributed by atoms with E-state index in [-0.39, 0.29) is 12.2 Å². The van der Waals surface area contributed by atoms with Gasteiger partial charge in [0.15, 0.2) is 11.5 Å². The maximum atomic E-state index is 12.6. The summed E-state index contributed by atoms with van der Waals surface area (Å²) in [6.45, 7) is 4.99. The third kappa shape index (κ3) is 5.33.